The molecule has 0 bridgehead atoms. The Morgan fingerprint density at radius 3 is 3.00 bits per heavy atom. The smallest absolute Gasteiger partial charge is 0.0303 e. The monoisotopic (exact) mass is 218 g/mol. The second-order valence-electron chi connectivity index (χ2n) is 4.74. The third kappa shape index (κ3) is 2.82. The Bertz CT molecular complexity index is 297. The molecule has 1 aliphatic carbocycles. The topological polar surface area (TPSA) is 24.9 Å². The zero-order valence-electron chi connectivity index (χ0n) is 10.2. The second kappa shape index (κ2) is 6.00. The first-order valence-corrected chi connectivity index (χ1v) is 6.55. The van der Waals surface area contributed by atoms with Gasteiger partial charge in [-0.25, -0.2) is 0 Å². The van der Waals surface area contributed by atoms with Gasteiger partial charge in [0.25, 0.3) is 0 Å². The highest BCUT2D eigenvalue weighted by Crippen LogP contribution is 2.32. The lowest BCUT2D eigenvalue weighted by Gasteiger charge is -2.32. The molecule has 88 valence electrons. The van der Waals surface area contributed by atoms with Crippen LogP contribution in [0.25, 0.3) is 0 Å². The number of pyridine rings is 1. The zero-order valence-corrected chi connectivity index (χ0v) is 10.2. The molecule has 1 N–H and O–H groups in total. The Labute approximate surface area is 98.5 Å². The summed E-state index contributed by atoms with van der Waals surface area (Å²) in [5.41, 5.74) is 1.41. The van der Waals surface area contributed by atoms with Crippen molar-refractivity contribution in [1.29, 1.82) is 0 Å². The van der Waals surface area contributed by atoms with E-state index in [0.717, 1.165) is 6.54 Å². The Kier molecular flexibility index (Phi) is 4.34. The van der Waals surface area contributed by atoms with Crippen LogP contribution in [0.15, 0.2) is 24.5 Å². The van der Waals surface area contributed by atoms with E-state index in [1.54, 1.807) is 0 Å². The normalized spacial score (nSPS) is 25.6. The summed E-state index contributed by atoms with van der Waals surface area (Å²) in [7, 11) is 0. The van der Waals surface area contributed by atoms with Crippen LogP contribution in [0.5, 0.6) is 0 Å². The summed E-state index contributed by atoms with van der Waals surface area (Å²) in [5, 5.41) is 3.69. The highest BCUT2D eigenvalue weighted by Gasteiger charge is 2.25. The van der Waals surface area contributed by atoms with Crippen molar-refractivity contribution in [1.82, 2.24) is 10.3 Å². The fourth-order valence-electron chi connectivity index (χ4n) is 2.70. The SMILES string of the molecule is CCCNC1CCCCC1c1cccnc1. The molecule has 1 heterocycles. The summed E-state index contributed by atoms with van der Waals surface area (Å²) < 4.78 is 0. The molecule has 16 heavy (non-hydrogen) atoms. The standard InChI is InChI=1S/C14H22N2/c1-2-9-16-14-8-4-3-7-13(14)12-6-5-10-15-11-12/h5-6,10-11,13-14,16H,2-4,7-9H2,1H3. The van der Waals surface area contributed by atoms with Crippen LogP contribution in [-0.4, -0.2) is 17.6 Å². The number of hydrogen-bond acceptors (Lipinski definition) is 2. The molecule has 0 aliphatic heterocycles. The quantitative estimate of drug-likeness (QED) is 0.840. The average Bonchev–Trinajstić information content (AvgIpc) is 2.38. The highest BCUT2D eigenvalue weighted by atomic mass is 14.9. The molecule has 2 heteroatoms. The largest absolute Gasteiger partial charge is 0.313 e. The summed E-state index contributed by atoms with van der Waals surface area (Å²) in [6, 6.07) is 4.95. The van der Waals surface area contributed by atoms with E-state index in [2.05, 4.69) is 29.4 Å². The molecule has 0 amide bonds. The Hall–Kier alpha value is -0.890. The molecule has 0 saturated heterocycles. The van der Waals surface area contributed by atoms with Gasteiger partial charge in [-0.15, -0.1) is 0 Å². The molecule has 2 rings (SSSR count). The van der Waals surface area contributed by atoms with Gasteiger partial charge in [0.2, 0.25) is 0 Å². The van der Waals surface area contributed by atoms with Crippen LogP contribution in [0, 0.1) is 0 Å². The van der Waals surface area contributed by atoms with E-state index in [-0.39, 0.29) is 0 Å². The van der Waals surface area contributed by atoms with Crippen molar-refractivity contribution in [3.63, 3.8) is 0 Å². The van der Waals surface area contributed by atoms with Crippen LogP contribution in [0.1, 0.15) is 50.5 Å². The van der Waals surface area contributed by atoms with Gasteiger partial charge in [0.1, 0.15) is 0 Å². The highest BCUT2D eigenvalue weighted by molar-refractivity contribution is 5.17. The minimum atomic E-state index is 0.665. The molecule has 1 aromatic rings. The van der Waals surface area contributed by atoms with Gasteiger partial charge < -0.3 is 5.32 Å². The molecule has 1 fully saturated rings. The second-order valence-corrected chi connectivity index (χ2v) is 4.74. The number of nitrogens with one attached hydrogen (secondary N) is 1. The first kappa shape index (κ1) is 11.6. The van der Waals surface area contributed by atoms with Crippen LogP contribution in [-0.2, 0) is 0 Å². The van der Waals surface area contributed by atoms with Crippen molar-refractivity contribution in [2.45, 2.75) is 51.0 Å². The van der Waals surface area contributed by atoms with Crippen LogP contribution in [0.2, 0.25) is 0 Å². The lowest BCUT2D eigenvalue weighted by Crippen LogP contribution is -2.37. The number of aromatic nitrogens is 1. The van der Waals surface area contributed by atoms with E-state index >= 15 is 0 Å². The molecule has 0 spiro atoms. The first-order valence-electron chi connectivity index (χ1n) is 6.55. The third-order valence-corrected chi connectivity index (χ3v) is 3.54. The summed E-state index contributed by atoms with van der Waals surface area (Å²) in [5.74, 6) is 0.675. The van der Waals surface area contributed by atoms with Crippen molar-refractivity contribution >= 4 is 0 Å². The lowest BCUT2D eigenvalue weighted by atomic mass is 9.80. The van der Waals surface area contributed by atoms with Gasteiger partial charge in [-0.1, -0.05) is 25.8 Å². The summed E-state index contributed by atoms with van der Waals surface area (Å²) in [6.07, 6.45) is 10.5. The molecule has 1 aromatic heterocycles. The molecular weight excluding hydrogens is 196 g/mol. The number of rotatable bonds is 4. The maximum atomic E-state index is 4.25. The minimum absolute atomic E-state index is 0.665. The fraction of sp³-hybridized carbons (Fsp3) is 0.643. The molecular formula is C14H22N2. The minimum Gasteiger partial charge on any atom is -0.313 e. The molecule has 2 nitrogen and oxygen atoms in total. The van der Waals surface area contributed by atoms with E-state index in [0.29, 0.717) is 12.0 Å². The third-order valence-electron chi connectivity index (χ3n) is 3.54. The number of nitrogens with zero attached hydrogens (tertiary/aromatic N) is 1. The first-order chi connectivity index (χ1) is 7.92. The predicted molar refractivity (Wildman–Crippen MR) is 67.5 cm³/mol. The summed E-state index contributed by atoms with van der Waals surface area (Å²) in [6.45, 7) is 3.37. The van der Waals surface area contributed by atoms with Crippen LogP contribution < -0.4 is 5.32 Å². The van der Waals surface area contributed by atoms with Gasteiger partial charge in [0.05, 0.1) is 0 Å². The van der Waals surface area contributed by atoms with E-state index in [4.69, 9.17) is 0 Å². The number of hydrogen-bond donors (Lipinski definition) is 1. The van der Waals surface area contributed by atoms with Gasteiger partial charge in [0.15, 0.2) is 0 Å². The van der Waals surface area contributed by atoms with Crippen LogP contribution in [0.4, 0.5) is 0 Å². The average molecular weight is 218 g/mol. The van der Waals surface area contributed by atoms with E-state index in [1.165, 1.54) is 37.7 Å². The maximum absolute atomic E-state index is 4.25. The van der Waals surface area contributed by atoms with Gasteiger partial charge >= 0.3 is 0 Å². The zero-order chi connectivity index (χ0) is 11.2. The van der Waals surface area contributed by atoms with E-state index in [1.807, 2.05) is 12.4 Å². The molecule has 0 radical (unpaired) electrons. The molecule has 0 aromatic carbocycles. The maximum Gasteiger partial charge on any atom is 0.0303 e. The Morgan fingerprint density at radius 1 is 1.38 bits per heavy atom. The Morgan fingerprint density at radius 2 is 2.25 bits per heavy atom. The predicted octanol–water partition coefficient (Wildman–Crippen LogP) is 3.11. The van der Waals surface area contributed by atoms with Gasteiger partial charge in [-0.2, -0.15) is 0 Å². The van der Waals surface area contributed by atoms with Crippen molar-refractivity contribution in [3.8, 4) is 0 Å². The van der Waals surface area contributed by atoms with Gasteiger partial charge in [-0.3, -0.25) is 4.98 Å². The fourth-order valence-corrected chi connectivity index (χ4v) is 2.70. The lowest BCUT2D eigenvalue weighted by molar-refractivity contribution is 0.328. The molecule has 1 aliphatic rings. The summed E-state index contributed by atoms with van der Waals surface area (Å²) in [4.78, 5) is 4.25. The van der Waals surface area contributed by atoms with Crippen molar-refractivity contribution in [2.75, 3.05) is 6.54 Å². The van der Waals surface area contributed by atoms with Crippen molar-refractivity contribution in [3.05, 3.63) is 30.1 Å². The molecule has 2 atom stereocenters. The van der Waals surface area contributed by atoms with Crippen molar-refractivity contribution < 1.29 is 0 Å². The molecule has 1 saturated carbocycles. The molecule has 2 unspecified atom stereocenters. The van der Waals surface area contributed by atoms with Gasteiger partial charge in [0, 0.05) is 24.4 Å². The van der Waals surface area contributed by atoms with Crippen molar-refractivity contribution in [2.24, 2.45) is 0 Å². The Balaban J connectivity index is 2.04. The van der Waals surface area contributed by atoms with E-state index < -0.39 is 0 Å². The van der Waals surface area contributed by atoms with Crippen LogP contribution >= 0.6 is 0 Å². The van der Waals surface area contributed by atoms with Gasteiger partial charge in [-0.05, 0) is 37.4 Å². The van der Waals surface area contributed by atoms with E-state index in [9.17, 15) is 0 Å². The van der Waals surface area contributed by atoms with Crippen LogP contribution in [0.3, 0.4) is 0 Å². The summed E-state index contributed by atoms with van der Waals surface area (Å²) >= 11 is 0.